The molecule has 0 heterocycles. The van der Waals surface area contributed by atoms with Gasteiger partial charge >= 0.3 is 73.9 Å². The van der Waals surface area contributed by atoms with Crippen LogP contribution in [-0.2, 0) is 18.3 Å². The Kier molecular flexibility index (Phi) is 2.52. The van der Waals surface area contributed by atoms with E-state index in [1.54, 1.807) is 6.07 Å². The maximum atomic E-state index is 5.73. The molecule has 0 saturated carbocycles. The van der Waals surface area contributed by atoms with Crippen LogP contribution in [0, 0.1) is 0 Å². The molecule has 0 bridgehead atoms. The first-order valence-corrected chi connectivity index (χ1v) is 3.92. The molecular weight excluding hydrogens is 244 g/mol. The van der Waals surface area contributed by atoms with Gasteiger partial charge < -0.3 is 0 Å². The molecule has 0 aliphatic heterocycles. The first kappa shape index (κ1) is 7.53. The van der Waals surface area contributed by atoms with Gasteiger partial charge in [-0.05, 0) is 0 Å². The summed E-state index contributed by atoms with van der Waals surface area (Å²) >= 11 is 13.8. The molecule has 0 aliphatic carbocycles. The van der Waals surface area contributed by atoms with Crippen molar-refractivity contribution < 1.29 is 18.3 Å². The Labute approximate surface area is 73.8 Å². The van der Waals surface area contributed by atoms with Gasteiger partial charge in [-0.2, -0.15) is 0 Å². The number of rotatable bonds is 0. The summed E-state index contributed by atoms with van der Waals surface area (Å²) in [5.41, 5.74) is 0. The third-order valence-electron chi connectivity index (χ3n) is 0.895. The molecule has 1 aromatic carbocycles. The van der Waals surface area contributed by atoms with E-state index in [0.717, 1.165) is 4.16 Å². The summed E-state index contributed by atoms with van der Waals surface area (Å²) in [7, 11) is 0. The molecule has 48 valence electrons. The van der Waals surface area contributed by atoms with Gasteiger partial charge in [0.15, 0.2) is 0 Å². The van der Waals surface area contributed by atoms with Gasteiger partial charge in [0.25, 0.3) is 0 Å². The van der Waals surface area contributed by atoms with Gasteiger partial charge in [0.1, 0.15) is 0 Å². The van der Waals surface area contributed by atoms with Crippen molar-refractivity contribution in [3.05, 3.63) is 28.2 Å². The third-order valence-corrected chi connectivity index (χ3v) is 2.69. The van der Waals surface area contributed by atoms with E-state index in [1.807, 2.05) is 12.1 Å². The summed E-state index contributed by atoms with van der Waals surface area (Å²) in [6.07, 6.45) is 0. The minimum absolute atomic E-state index is 0.604. The predicted molar refractivity (Wildman–Crippen MR) is 36.1 cm³/mol. The van der Waals surface area contributed by atoms with Crippen LogP contribution in [0.15, 0.2) is 18.2 Å². The van der Waals surface area contributed by atoms with Crippen molar-refractivity contribution in [1.29, 1.82) is 0 Å². The minimum atomic E-state index is 0.604. The predicted octanol–water partition coefficient (Wildman–Crippen LogP) is 2.17. The third kappa shape index (κ3) is 1.67. The summed E-state index contributed by atoms with van der Waals surface area (Å²) in [4.78, 5) is 0. The van der Waals surface area contributed by atoms with Crippen LogP contribution in [-0.4, -0.2) is 0 Å². The number of benzene rings is 1. The molecular formula is C6H3Cl2Ru+. The van der Waals surface area contributed by atoms with Crippen LogP contribution in [0.2, 0.25) is 10.0 Å². The van der Waals surface area contributed by atoms with Crippen LogP contribution in [0.1, 0.15) is 0 Å². The normalized spacial score (nSPS) is 9.67. The number of halogens is 2. The van der Waals surface area contributed by atoms with Crippen LogP contribution in [0.3, 0.4) is 0 Å². The van der Waals surface area contributed by atoms with Gasteiger partial charge in [-0.25, -0.2) is 0 Å². The van der Waals surface area contributed by atoms with E-state index in [4.69, 9.17) is 23.2 Å². The van der Waals surface area contributed by atoms with Gasteiger partial charge in [-0.1, -0.05) is 0 Å². The molecule has 0 aromatic heterocycles. The van der Waals surface area contributed by atoms with Crippen LogP contribution in [0.4, 0.5) is 0 Å². The van der Waals surface area contributed by atoms with E-state index in [0.29, 0.717) is 10.0 Å². The van der Waals surface area contributed by atoms with Crippen LogP contribution in [0.25, 0.3) is 0 Å². The second kappa shape index (κ2) is 3.01. The first-order valence-electron chi connectivity index (χ1n) is 2.30. The van der Waals surface area contributed by atoms with Crippen molar-refractivity contribution in [3.8, 4) is 0 Å². The summed E-state index contributed by atoms with van der Waals surface area (Å²) < 4.78 is 0.948. The van der Waals surface area contributed by atoms with Crippen molar-refractivity contribution in [2.75, 3.05) is 0 Å². The molecule has 0 N–H and O–H groups in total. The SMILES string of the molecule is Clc1ccc[c]([Ru+])c1Cl. The van der Waals surface area contributed by atoms with Crippen molar-refractivity contribution in [1.82, 2.24) is 0 Å². The molecule has 1 rings (SSSR count). The second-order valence-corrected chi connectivity index (χ2v) is 3.24. The molecule has 0 saturated heterocycles. The molecule has 0 nitrogen and oxygen atoms in total. The Morgan fingerprint density at radius 2 is 1.89 bits per heavy atom. The van der Waals surface area contributed by atoms with E-state index in [2.05, 4.69) is 18.3 Å². The summed E-state index contributed by atoms with van der Waals surface area (Å²) in [5, 5.41) is 1.23. The topological polar surface area (TPSA) is 0 Å². The van der Waals surface area contributed by atoms with Crippen LogP contribution in [0.5, 0.6) is 0 Å². The fourth-order valence-electron chi connectivity index (χ4n) is 0.472. The standard InChI is InChI=1S/C6H3Cl2.Ru/c7-5-3-1-2-4-6(5)8;/h1-3H;/q;+1. The summed E-state index contributed by atoms with van der Waals surface area (Å²) in [6, 6.07) is 5.52. The zero-order valence-corrected chi connectivity index (χ0v) is 7.59. The average Bonchev–Trinajstić information content (AvgIpc) is 1.83. The van der Waals surface area contributed by atoms with Gasteiger partial charge in [-0.3, -0.25) is 0 Å². The van der Waals surface area contributed by atoms with Gasteiger partial charge in [0.05, 0.1) is 0 Å². The fraction of sp³-hybridized carbons (Fsp3) is 0. The molecule has 0 spiro atoms. The van der Waals surface area contributed by atoms with Crippen LogP contribution >= 0.6 is 23.2 Å². The average molecular weight is 247 g/mol. The van der Waals surface area contributed by atoms with Crippen molar-refractivity contribution in [2.24, 2.45) is 0 Å². The Morgan fingerprint density at radius 3 is 2.33 bits per heavy atom. The molecule has 0 radical (unpaired) electrons. The molecule has 0 aliphatic rings. The van der Waals surface area contributed by atoms with E-state index in [9.17, 15) is 0 Å². The van der Waals surface area contributed by atoms with Gasteiger partial charge in [0, 0.05) is 0 Å². The van der Waals surface area contributed by atoms with E-state index >= 15 is 0 Å². The van der Waals surface area contributed by atoms with Crippen molar-refractivity contribution >= 4 is 27.4 Å². The second-order valence-electron chi connectivity index (χ2n) is 1.52. The number of hydrogen-bond donors (Lipinski definition) is 0. The maximum absolute atomic E-state index is 5.73. The zero-order chi connectivity index (χ0) is 6.85. The summed E-state index contributed by atoms with van der Waals surface area (Å²) in [6.45, 7) is 0. The van der Waals surface area contributed by atoms with Crippen molar-refractivity contribution in [3.63, 3.8) is 0 Å². The Balaban J connectivity index is 3.25. The van der Waals surface area contributed by atoms with E-state index in [-0.39, 0.29) is 0 Å². The molecule has 1 aromatic rings. The van der Waals surface area contributed by atoms with Crippen molar-refractivity contribution in [2.45, 2.75) is 0 Å². The molecule has 0 amide bonds. The molecule has 0 fully saturated rings. The molecule has 0 unspecified atom stereocenters. The monoisotopic (exact) mass is 247 g/mol. The Morgan fingerprint density at radius 1 is 1.22 bits per heavy atom. The quantitative estimate of drug-likeness (QED) is 0.616. The Bertz CT molecular complexity index is 202. The molecule has 9 heavy (non-hydrogen) atoms. The molecule has 0 atom stereocenters. The number of hydrogen-bond acceptors (Lipinski definition) is 0. The fourth-order valence-corrected chi connectivity index (χ4v) is 1.30. The summed E-state index contributed by atoms with van der Waals surface area (Å²) in [5.74, 6) is 0. The Hall–Kier alpha value is 0.423. The van der Waals surface area contributed by atoms with Gasteiger partial charge in [-0.15, -0.1) is 0 Å². The van der Waals surface area contributed by atoms with Gasteiger partial charge in [0.2, 0.25) is 0 Å². The van der Waals surface area contributed by atoms with E-state index < -0.39 is 0 Å². The van der Waals surface area contributed by atoms with Crippen LogP contribution < -0.4 is 4.16 Å². The van der Waals surface area contributed by atoms with E-state index in [1.165, 1.54) is 0 Å². The zero-order valence-electron chi connectivity index (χ0n) is 4.34. The first-order chi connectivity index (χ1) is 4.22. The molecule has 3 heteroatoms.